The zero-order chi connectivity index (χ0) is 25.2. The van der Waals surface area contributed by atoms with E-state index in [1.54, 1.807) is 0 Å². The summed E-state index contributed by atoms with van der Waals surface area (Å²) in [6, 6.07) is 11.5. The van der Waals surface area contributed by atoms with Crippen molar-refractivity contribution < 1.29 is 14.3 Å². The minimum Gasteiger partial charge on any atom is -0.457 e. The van der Waals surface area contributed by atoms with Gasteiger partial charge >= 0.3 is 0 Å². The Hall–Kier alpha value is -2.50. The third-order valence-corrected chi connectivity index (χ3v) is 8.63. The Kier molecular flexibility index (Phi) is 7.32. The van der Waals surface area contributed by atoms with Gasteiger partial charge in [0.15, 0.2) is 11.6 Å². The van der Waals surface area contributed by atoms with E-state index in [4.69, 9.17) is 4.74 Å². The fourth-order valence-corrected chi connectivity index (χ4v) is 6.11. The first kappa shape index (κ1) is 25.2. The number of nitrogens with one attached hydrogen (secondary N) is 2. The van der Waals surface area contributed by atoms with E-state index in [0.29, 0.717) is 30.6 Å². The summed E-state index contributed by atoms with van der Waals surface area (Å²) in [5.41, 5.74) is 3.55. The largest absolute Gasteiger partial charge is 0.457 e. The number of ether oxygens (including phenoxy) is 1. The molecule has 0 saturated heterocycles. The van der Waals surface area contributed by atoms with Crippen LogP contribution < -0.4 is 15.4 Å². The molecule has 0 radical (unpaired) electrons. The molecule has 1 heterocycles. The highest BCUT2D eigenvalue weighted by Crippen LogP contribution is 2.37. The molecule has 0 aromatic heterocycles. The lowest BCUT2D eigenvalue weighted by atomic mass is 9.83. The van der Waals surface area contributed by atoms with Crippen LogP contribution in [0.4, 0.5) is 0 Å². The van der Waals surface area contributed by atoms with Crippen LogP contribution in [-0.2, 0) is 6.42 Å². The van der Waals surface area contributed by atoms with Crippen LogP contribution in [0.2, 0.25) is 0 Å². The van der Waals surface area contributed by atoms with Gasteiger partial charge < -0.3 is 15.4 Å². The van der Waals surface area contributed by atoms with Gasteiger partial charge in [-0.1, -0.05) is 38.5 Å². The quantitative estimate of drug-likeness (QED) is 0.361. The summed E-state index contributed by atoms with van der Waals surface area (Å²) in [7, 11) is 0. The van der Waals surface area contributed by atoms with Crippen LogP contribution in [0.5, 0.6) is 11.5 Å². The second kappa shape index (κ2) is 10.5. The SMILES string of the molecule is CC1(NCC(=O)c2ccc3c(c2)Cc2cc(C(=O)CNC4(C)CCCCC4)ccc2O3)CCCCC1. The number of fused-ring (bicyclic) bond motifs is 2. The first-order valence-electron chi connectivity index (χ1n) is 13.8. The first-order valence-corrected chi connectivity index (χ1v) is 13.8. The Balaban J connectivity index is 1.23. The molecule has 2 saturated carbocycles. The van der Waals surface area contributed by atoms with Gasteiger partial charge in [-0.2, -0.15) is 0 Å². The summed E-state index contributed by atoms with van der Waals surface area (Å²) < 4.78 is 6.14. The Morgan fingerprint density at radius 2 is 1.11 bits per heavy atom. The number of carbonyl (C=O) groups excluding carboxylic acids is 2. The lowest BCUT2D eigenvalue weighted by Gasteiger charge is -2.34. The molecule has 5 nitrogen and oxygen atoms in total. The summed E-state index contributed by atoms with van der Waals surface area (Å²) >= 11 is 0. The molecule has 3 aliphatic rings. The van der Waals surface area contributed by atoms with Crippen LogP contribution in [0, 0.1) is 0 Å². The molecule has 0 spiro atoms. The van der Waals surface area contributed by atoms with E-state index in [-0.39, 0.29) is 22.6 Å². The van der Waals surface area contributed by atoms with Crippen molar-refractivity contribution >= 4 is 11.6 Å². The summed E-state index contributed by atoms with van der Waals surface area (Å²) in [5, 5.41) is 7.05. The molecule has 5 heteroatoms. The average molecular weight is 489 g/mol. The molecule has 0 bridgehead atoms. The fourth-order valence-electron chi connectivity index (χ4n) is 6.11. The van der Waals surface area contributed by atoms with Gasteiger partial charge in [-0.3, -0.25) is 9.59 Å². The molecule has 1 aliphatic heterocycles. The number of Topliss-reactive ketones (excluding diaryl/α,β-unsaturated/α-hetero) is 2. The minimum atomic E-state index is 0.0658. The smallest absolute Gasteiger partial charge is 0.176 e. The number of carbonyl (C=O) groups is 2. The van der Waals surface area contributed by atoms with E-state index in [9.17, 15) is 9.59 Å². The van der Waals surface area contributed by atoms with Gasteiger partial charge in [-0.05, 0) is 75.9 Å². The van der Waals surface area contributed by atoms with Crippen LogP contribution >= 0.6 is 0 Å². The third kappa shape index (κ3) is 5.73. The van der Waals surface area contributed by atoms with Crippen LogP contribution in [0.1, 0.15) is 110 Å². The molecule has 192 valence electrons. The van der Waals surface area contributed by atoms with E-state index in [1.807, 2.05) is 36.4 Å². The predicted molar refractivity (Wildman–Crippen MR) is 143 cm³/mol. The van der Waals surface area contributed by atoms with Crippen LogP contribution in [0.15, 0.2) is 36.4 Å². The molecular formula is C31H40N2O3. The molecule has 0 atom stereocenters. The predicted octanol–water partition coefficient (Wildman–Crippen LogP) is 6.37. The molecule has 5 rings (SSSR count). The zero-order valence-corrected chi connectivity index (χ0v) is 21.9. The standard InChI is InChI=1S/C31H40N2O3/c1-30(13-5-3-6-14-30)32-20-26(34)22-9-11-28-24(17-22)19-25-18-23(10-12-29(25)36-28)27(35)21-33-31(2)15-7-4-8-16-31/h9-12,17-18,32-33H,3-8,13-16,19-21H2,1-2H3. The Morgan fingerprint density at radius 3 is 1.53 bits per heavy atom. The molecule has 0 amide bonds. The molecule has 2 aromatic carbocycles. The van der Waals surface area contributed by atoms with Crippen LogP contribution in [-0.4, -0.2) is 35.7 Å². The molecule has 2 aromatic rings. The summed E-state index contributed by atoms with van der Waals surface area (Å²) in [4.78, 5) is 26.0. The third-order valence-electron chi connectivity index (χ3n) is 8.63. The van der Waals surface area contributed by atoms with Crippen molar-refractivity contribution in [2.75, 3.05) is 13.1 Å². The maximum atomic E-state index is 13.0. The first-order chi connectivity index (χ1) is 17.3. The summed E-state index contributed by atoms with van der Waals surface area (Å²) in [6.07, 6.45) is 12.7. The highest BCUT2D eigenvalue weighted by Gasteiger charge is 2.28. The number of ketones is 2. The van der Waals surface area contributed by atoms with Crippen LogP contribution in [0.3, 0.4) is 0 Å². The van der Waals surface area contributed by atoms with Crippen molar-refractivity contribution in [2.24, 2.45) is 0 Å². The highest BCUT2D eigenvalue weighted by atomic mass is 16.5. The zero-order valence-electron chi connectivity index (χ0n) is 21.9. The lowest BCUT2D eigenvalue weighted by Crippen LogP contribution is -2.46. The van der Waals surface area contributed by atoms with E-state index in [2.05, 4.69) is 24.5 Å². The van der Waals surface area contributed by atoms with Gasteiger partial charge in [0, 0.05) is 39.8 Å². The van der Waals surface area contributed by atoms with Gasteiger partial charge in [-0.25, -0.2) is 0 Å². The maximum absolute atomic E-state index is 13.0. The van der Waals surface area contributed by atoms with E-state index >= 15 is 0 Å². The topological polar surface area (TPSA) is 67.4 Å². The van der Waals surface area contributed by atoms with Gasteiger partial charge in [0.1, 0.15) is 11.5 Å². The Morgan fingerprint density at radius 1 is 0.694 bits per heavy atom. The number of benzene rings is 2. The normalized spacial score (nSPS) is 20.1. The highest BCUT2D eigenvalue weighted by molar-refractivity contribution is 5.99. The van der Waals surface area contributed by atoms with Gasteiger partial charge in [0.25, 0.3) is 0 Å². The molecule has 0 unspecified atom stereocenters. The van der Waals surface area contributed by atoms with E-state index < -0.39 is 0 Å². The van der Waals surface area contributed by atoms with E-state index in [1.165, 1.54) is 38.5 Å². The molecular weight excluding hydrogens is 448 g/mol. The number of rotatable bonds is 8. The summed E-state index contributed by atoms with van der Waals surface area (Å²) in [5.74, 6) is 1.80. The number of hydrogen-bond acceptors (Lipinski definition) is 5. The Labute approximate surface area is 215 Å². The maximum Gasteiger partial charge on any atom is 0.176 e. The van der Waals surface area contributed by atoms with Crippen molar-refractivity contribution in [1.82, 2.24) is 10.6 Å². The molecule has 2 N–H and O–H groups in total. The van der Waals surface area contributed by atoms with Gasteiger partial charge in [0.2, 0.25) is 0 Å². The summed E-state index contributed by atoms with van der Waals surface area (Å²) in [6.45, 7) is 5.19. The van der Waals surface area contributed by atoms with Crippen LogP contribution in [0.25, 0.3) is 0 Å². The lowest BCUT2D eigenvalue weighted by molar-refractivity contribution is 0.0964. The molecule has 36 heavy (non-hydrogen) atoms. The van der Waals surface area contributed by atoms with Gasteiger partial charge in [-0.15, -0.1) is 0 Å². The number of hydrogen-bond donors (Lipinski definition) is 2. The Bertz CT molecular complexity index is 1040. The second-order valence-corrected chi connectivity index (χ2v) is 11.7. The van der Waals surface area contributed by atoms with Crippen molar-refractivity contribution in [2.45, 2.75) is 95.6 Å². The second-order valence-electron chi connectivity index (χ2n) is 11.7. The molecule has 2 aliphatic carbocycles. The van der Waals surface area contributed by atoms with Crippen molar-refractivity contribution in [3.63, 3.8) is 0 Å². The minimum absolute atomic E-state index is 0.0658. The van der Waals surface area contributed by atoms with E-state index in [0.717, 1.165) is 48.3 Å². The monoisotopic (exact) mass is 488 g/mol. The average Bonchev–Trinajstić information content (AvgIpc) is 2.89. The van der Waals surface area contributed by atoms with Crippen molar-refractivity contribution in [3.05, 3.63) is 58.7 Å². The molecule has 2 fully saturated rings. The van der Waals surface area contributed by atoms with Gasteiger partial charge in [0.05, 0.1) is 13.1 Å². The fraction of sp³-hybridized carbons (Fsp3) is 0.548. The van der Waals surface area contributed by atoms with Crippen molar-refractivity contribution in [1.29, 1.82) is 0 Å². The van der Waals surface area contributed by atoms with Crippen molar-refractivity contribution in [3.8, 4) is 11.5 Å².